The Morgan fingerprint density at radius 1 is 1.12 bits per heavy atom. The van der Waals surface area contributed by atoms with E-state index < -0.39 is 11.7 Å². The number of ether oxygens (including phenoxy) is 1. The van der Waals surface area contributed by atoms with Crippen molar-refractivity contribution < 1.29 is 17.9 Å². The number of aryl methyl sites for hydroxylation is 1. The van der Waals surface area contributed by atoms with E-state index in [9.17, 15) is 13.2 Å². The quantitative estimate of drug-likeness (QED) is 0.748. The molecule has 0 aliphatic carbocycles. The molecule has 1 aliphatic heterocycles. The Hall–Kier alpha value is -1.63. The summed E-state index contributed by atoms with van der Waals surface area (Å²) in [5.41, 5.74) is 1.41. The van der Waals surface area contributed by atoms with Gasteiger partial charge in [-0.1, -0.05) is 35.9 Å². The van der Waals surface area contributed by atoms with Crippen LogP contribution in [0.4, 0.5) is 13.2 Å². The summed E-state index contributed by atoms with van der Waals surface area (Å²) in [7, 11) is 0. The highest BCUT2D eigenvalue weighted by atomic mass is 35.5. The second-order valence-electron chi connectivity index (χ2n) is 6.31. The first kappa shape index (κ1) is 19.1. The fourth-order valence-electron chi connectivity index (χ4n) is 2.97. The van der Waals surface area contributed by atoms with Gasteiger partial charge < -0.3 is 4.74 Å². The highest BCUT2D eigenvalue weighted by Gasteiger charge is 2.31. The van der Waals surface area contributed by atoms with Crippen LogP contribution in [0.3, 0.4) is 0 Å². The van der Waals surface area contributed by atoms with E-state index in [0.29, 0.717) is 11.3 Å². The van der Waals surface area contributed by atoms with Gasteiger partial charge in [-0.2, -0.15) is 13.2 Å². The predicted molar refractivity (Wildman–Crippen MR) is 95.3 cm³/mol. The van der Waals surface area contributed by atoms with Gasteiger partial charge in [0, 0.05) is 24.8 Å². The van der Waals surface area contributed by atoms with E-state index in [2.05, 4.69) is 9.88 Å². The van der Waals surface area contributed by atoms with Gasteiger partial charge in [-0.3, -0.25) is 9.88 Å². The minimum atomic E-state index is -4.44. The van der Waals surface area contributed by atoms with Crippen molar-refractivity contribution in [2.45, 2.75) is 19.0 Å². The Kier molecular flexibility index (Phi) is 6.16. The van der Waals surface area contributed by atoms with Gasteiger partial charge in [0.2, 0.25) is 0 Å². The zero-order valence-electron chi connectivity index (χ0n) is 14.2. The Morgan fingerprint density at radius 2 is 1.81 bits per heavy atom. The molecule has 0 N–H and O–H groups in total. The van der Waals surface area contributed by atoms with Gasteiger partial charge in [-0.25, -0.2) is 0 Å². The van der Waals surface area contributed by atoms with Gasteiger partial charge in [-0.05, 0) is 31.0 Å². The van der Waals surface area contributed by atoms with Gasteiger partial charge >= 0.3 is 6.18 Å². The van der Waals surface area contributed by atoms with Gasteiger partial charge in [0.05, 0.1) is 29.5 Å². The lowest BCUT2D eigenvalue weighted by Gasteiger charge is -2.26. The number of hydrogen-bond donors (Lipinski definition) is 0. The van der Waals surface area contributed by atoms with Gasteiger partial charge in [0.15, 0.2) is 0 Å². The summed E-state index contributed by atoms with van der Waals surface area (Å²) in [6.07, 6.45) is -1.62. The number of alkyl halides is 3. The first-order valence-electron chi connectivity index (χ1n) is 8.55. The maximum absolute atomic E-state index is 12.7. The average molecular weight is 385 g/mol. The molecule has 2 heterocycles. The van der Waals surface area contributed by atoms with E-state index in [1.165, 1.54) is 5.56 Å². The molecule has 1 aromatic carbocycles. The fraction of sp³-hybridized carbons (Fsp3) is 0.421. The summed E-state index contributed by atoms with van der Waals surface area (Å²) >= 11 is 6.00. The van der Waals surface area contributed by atoms with E-state index in [0.717, 1.165) is 58.0 Å². The maximum atomic E-state index is 12.7. The Bertz CT molecular complexity index is 729. The average Bonchev–Trinajstić information content (AvgIpc) is 2.62. The molecule has 140 valence electrons. The lowest BCUT2D eigenvalue weighted by molar-refractivity contribution is -0.137. The molecule has 26 heavy (non-hydrogen) atoms. The zero-order chi connectivity index (χ0) is 18.6. The van der Waals surface area contributed by atoms with Crippen molar-refractivity contribution in [3.8, 4) is 11.3 Å². The zero-order valence-corrected chi connectivity index (χ0v) is 15.0. The standard InChI is InChI=1S/C19H20ClF3N2O/c20-17-12-16(19(21,22)23)13-24-18(17)15-5-3-14(4-6-15)2-1-7-25-8-10-26-11-9-25/h3-6,12-13H,1-2,7-11H2. The molecule has 1 aromatic heterocycles. The molecule has 0 bridgehead atoms. The van der Waals surface area contributed by atoms with E-state index in [4.69, 9.17) is 16.3 Å². The topological polar surface area (TPSA) is 25.4 Å². The summed E-state index contributed by atoms with van der Waals surface area (Å²) in [4.78, 5) is 6.29. The van der Waals surface area contributed by atoms with E-state index >= 15 is 0 Å². The third-order valence-corrected chi connectivity index (χ3v) is 4.73. The van der Waals surface area contributed by atoms with Crippen molar-refractivity contribution in [1.82, 2.24) is 9.88 Å². The molecule has 1 aliphatic rings. The number of nitrogens with zero attached hydrogens (tertiary/aromatic N) is 2. The molecule has 0 spiro atoms. The monoisotopic (exact) mass is 384 g/mol. The minimum Gasteiger partial charge on any atom is -0.379 e. The molecule has 0 unspecified atom stereocenters. The van der Waals surface area contributed by atoms with Gasteiger partial charge in [0.1, 0.15) is 0 Å². The van der Waals surface area contributed by atoms with E-state index in [1.54, 1.807) is 0 Å². The Labute approximate surface area is 155 Å². The van der Waals surface area contributed by atoms with Crippen LogP contribution in [-0.4, -0.2) is 42.7 Å². The van der Waals surface area contributed by atoms with E-state index in [-0.39, 0.29) is 5.02 Å². The number of aromatic nitrogens is 1. The Morgan fingerprint density at radius 3 is 2.42 bits per heavy atom. The normalized spacial score (nSPS) is 16.0. The summed E-state index contributed by atoms with van der Waals surface area (Å²) in [5, 5.41) is -0.0000996. The third kappa shape index (κ3) is 4.96. The van der Waals surface area contributed by atoms with Crippen molar-refractivity contribution in [1.29, 1.82) is 0 Å². The van der Waals surface area contributed by atoms with Crippen molar-refractivity contribution in [2.24, 2.45) is 0 Å². The molecule has 0 saturated carbocycles. The van der Waals surface area contributed by atoms with Crippen LogP contribution in [0.15, 0.2) is 36.5 Å². The van der Waals surface area contributed by atoms with Crippen LogP contribution < -0.4 is 0 Å². The molecule has 7 heteroatoms. The summed E-state index contributed by atoms with van der Waals surface area (Å²) < 4.78 is 43.4. The second-order valence-corrected chi connectivity index (χ2v) is 6.71. The van der Waals surface area contributed by atoms with Crippen LogP contribution in [-0.2, 0) is 17.3 Å². The van der Waals surface area contributed by atoms with Gasteiger partial charge in [-0.15, -0.1) is 0 Å². The molecular weight excluding hydrogens is 365 g/mol. The smallest absolute Gasteiger partial charge is 0.379 e. The van der Waals surface area contributed by atoms with Crippen molar-refractivity contribution in [3.63, 3.8) is 0 Å². The second kappa shape index (κ2) is 8.37. The first-order valence-corrected chi connectivity index (χ1v) is 8.93. The summed E-state index contributed by atoms with van der Waals surface area (Å²) in [6.45, 7) is 4.61. The van der Waals surface area contributed by atoms with Crippen LogP contribution in [0.1, 0.15) is 17.5 Å². The SMILES string of the molecule is FC(F)(F)c1cnc(-c2ccc(CCCN3CCOCC3)cc2)c(Cl)c1. The maximum Gasteiger partial charge on any atom is 0.417 e. The third-order valence-electron chi connectivity index (χ3n) is 4.44. The number of rotatable bonds is 5. The van der Waals surface area contributed by atoms with E-state index in [1.807, 2.05) is 24.3 Å². The predicted octanol–water partition coefficient (Wildman–Crippen LogP) is 4.69. The molecule has 1 fully saturated rings. The largest absolute Gasteiger partial charge is 0.417 e. The van der Waals surface area contributed by atoms with Crippen molar-refractivity contribution in [2.75, 3.05) is 32.8 Å². The number of pyridine rings is 1. The van der Waals surface area contributed by atoms with Crippen LogP contribution in [0.25, 0.3) is 11.3 Å². The lowest BCUT2D eigenvalue weighted by atomic mass is 10.0. The molecule has 3 rings (SSSR count). The summed E-state index contributed by atoms with van der Waals surface area (Å²) in [5.74, 6) is 0. The van der Waals surface area contributed by atoms with Crippen molar-refractivity contribution in [3.05, 3.63) is 52.7 Å². The van der Waals surface area contributed by atoms with Crippen LogP contribution in [0.2, 0.25) is 5.02 Å². The highest BCUT2D eigenvalue weighted by molar-refractivity contribution is 6.33. The molecule has 0 radical (unpaired) electrons. The number of morpholine rings is 1. The fourth-order valence-corrected chi connectivity index (χ4v) is 3.24. The molecule has 1 saturated heterocycles. The van der Waals surface area contributed by atoms with Gasteiger partial charge in [0.25, 0.3) is 0 Å². The minimum absolute atomic E-state index is 0.0000996. The molecule has 0 atom stereocenters. The van der Waals surface area contributed by atoms with Crippen LogP contribution in [0.5, 0.6) is 0 Å². The number of halogens is 4. The van der Waals surface area contributed by atoms with Crippen LogP contribution >= 0.6 is 11.6 Å². The molecule has 2 aromatic rings. The summed E-state index contributed by atoms with van der Waals surface area (Å²) in [6, 6.07) is 8.58. The Balaban J connectivity index is 1.60. The number of benzene rings is 1. The lowest BCUT2D eigenvalue weighted by Crippen LogP contribution is -2.36. The molecule has 3 nitrogen and oxygen atoms in total. The van der Waals surface area contributed by atoms with Crippen LogP contribution in [0, 0.1) is 0 Å². The molecule has 0 amide bonds. The highest BCUT2D eigenvalue weighted by Crippen LogP contribution is 2.34. The van der Waals surface area contributed by atoms with Crippen molar-refractivity contribution >= 4 is 11.6 Å². The number of hydrogen-bond acceptors (Lipinski definition) is 3. The molecular formula is C19H20ClF3N2O. The first-order chi connectivity index (χ1) is 12.4.